The SMILES string of the molecule is c1ccc(CNCCc2ncnc3c2ncn3Cc2ccccc2)cc1. The number of hydrogen-bond donors (Lipinski definition) is 1. The normalized spacial score (nSPS) is 11.1. The summed E-state index contributed by atoms with van der Waals surface area (Å²) in [5.74, 6) is 0. The summed E-state index contributed by atoms with van der Waals surface area (Å²) in [7, 11) is 0. The van der Waals surface area contributed by atoms with Gasteiger partial charge in [0.25, 0.3) is 0 Å². The Kier molecular flexibility index (Phi) is 4.98. The van der Waals surface area contributed by atoms with Gasteiger partial charge < -0.3 is 9.88 Å². The maximum atomic E-state index is 4.56. The van der Waals surface area contributed by atoms with Crippen LogP contribution in [0.5, 0.6) is 0 Å². The van der Waals surface area contributed by atoms with Crippen molar-refractivity contribution in [2.45, 2.75) is 19.5 Å². The molecule has 0 aliphatic rings. The second-order valence-electron chi connectivity index (χ2n) is 6.26. The van der Waals surface area contributed by atoms with Crippen LogP contribution in [0, 0.1) is 0 Å². The third-order valence-corrected chi connectivity index (χ3v) is 4.38. The minimum atomic E-state index is 0.764. The summed E-state index contributed by atoms with van der Waals surface area (Å²) in [6.07, 6.45) is 4.32. The molecule has 5 nitrogen and oxygen atoms in total. The van der Waals surface area contributed by atoms with E-state index in [0.717, 1.165) is 42.9 Å². The third-order valence-electron chi connectivity index (χ3n) is 4.38. The average molecular weight is 343 g/mol. The van der Waals surface area contributed by atoms with Crippen LogP contribution in [-0.2, 0) is 19.5 Å². The maximum absolute atomic E-state index is 4.56. The van der Waals surface area contributed by atoms with Crippen molar-refractivity contribution in [3.05, 3.63) is 90.1 Å². The van der Waals surface area contributed by atoms with Crippen LogP contribution in [0.3, 0.4) is 0 Å². The fourth-order valence-corrected chi connectivity index (χ4v) is 3.04. The fraction of sp³-hybridized carbons (Fsp3) is 0.190. The van der Waals surface area contributed by atoms with Crippen LogP contribution in [0.25, 0.3) is 11.2 Å². The van der Waals surface area contributed by atoms with E-state index in [1.807, 2.05) is 30.6 Å². The lowest BCUT2D eigenvalue weighted by Crippen LogP contribution is -2.17. The molecule has 0 saturated heterocycles. The molecule has 2 aromatic heterocycles. The Morgan fingerprint density at radius 2 is 1.54 bits per heavy atom. The van der Waals surface area contributed by atoms with Crippen LogP contribution in [0.2, 0.25) is 0 Å². The Morgan fingerprint density at radius 3 is 2.31 bits per heavy atom. The van der Waals surface area contributed by atoms with Crippen molar-refractivity contribution in [3.8, 4) is 0 Å². The molecule has 2 aromatic carbocycles. The number of rotatable bonds is 7. The Bertz CT molecular complexity index is 964. The van der Waals surface area contributed by atoms with Crippen molar-refractivity contribution < 1.29 is 0 Å². The van der Waals surface area contributed by atoms with Crippen LogP contribution in [0.15, 0.2) is 73.3 Å². The lowest BCUT2D eigenvalue weighted by molar-refractivity contribution is 0.681. The van der Waals surface area contributed by atoms with Crippen molar-refractivity contribution in [1.29, 1.82) is 0 Å². The first-order chi connectivity index (χ1) is 12.9. The van der Waals surface area contributed by atoms with Crippen molar-refractivity contribution in [3.63, 3.8) is 0 Å². The highest BCUT2D eigenvalue weighted by molar-refractivity contribution is 5.73. The van der Waals surface area contributed by atoms with Crippen LogP contribution >= 0.6 is 0 Å². The minimum absolute atomic E-state index is 0.764. The zero-order chi connectivity index (χ0) is 17.6. The lowest BCUT2D eigenvalue weighted by Gasteiger charge is -2.06. The molecule has 4 rings (SSSR count). The topological polar surface area (TPSA) is 55.6 Å². The quantitative estimate of drug-likeness (QED) is 0.524. The van der Waals surface area contributed by atoms with Crippen molar-refractivity contribution >= 4 is 11.2 Å². The molecule has 0 radical (unpaired) electrons. The molecule has 0 aliphatic heterocycles. The van der Waals surface area contributed by atoms with Gasteiger partial charge in [0.1, 0.15) is 11.8 Å². The molecule has 130 valence electrons. The molecular weight excluding hydrogens is 322 g/mol. The summed E-state index contributed by atoms with van der Waals surface area (Å²) in [5.41, 5.74) is 5.29. The molecule has 4 aromatic rings. The zero-order valence-electron chi connectivity index (χ0n) is 14.5. The van der Waals surface area contributed by atoms with Gasteiger partial charge in [-0.25, -0.2) is 15.0 Å². The lowest BCUT2D eigenvalue weighted by atomic mass is 10.2. The smallest absolute Gasteiger partial charge is 0.163 e. The van der Waals surface area contributed by atoms with Crippen LogP contribution in [0.4, 0.5) is 0 Å². The molecule has 0 spiro atoms. The number of nitrogens with one attached hydrogen (secondary N) is 1. The summed E-state index contributed by atoms with van der Waals surface area (Å²) >= 11 is 0. The van der Waals surface area contributed by atoms with Gasteiger partial charge in [0.15, 0.2) is 5.65 Å². The highest BCUT2D eigenvalue weighted by Gasteiger charge is 2.10. The van der Waals surface area contributed by atoms with Gasteiger partial charge in [0, 0.05) is 19.5 Å². The van der Waals surface area contributed by atoms with Crippen LogP contribution < -0.4 is 5.32 Å². The average Bonchev–Trinajstić information content (AvgIpc) is 3.10. The van der Waals surface area contributed by atoms with E-state index in [2.05, 4.69) is 61.2 Å². The molecule has 0 amide bonds. The summed E-state index contributed by atoms with van der Waals surface area (Å²) in [6.45, 7) is 2.48. The van der Waals surface area contributed by atoms with Crippen molar-refractivity contribution in [1.82, 2.24) is 24.8 Å². The second kappa shape index (κ2) is 7.89. The van der Waals surface area contributed by atoms with E-state index < -0.39 is 0 Å². The summed E-state index contributed by atoms with van der Waals surface area (Å²) < 4.78 is 2.08. The standard InChI is InChI=1S/C21H21N5/c1-3-7-17(8-4-1)13-22-12-11-19-20-21(24-15-23-19)26(16-25-20)14-18-9-5-2-6-10-18/h1-10,15-16,22H,11-14H2. The predicted octanol–water partition coefficient (Wildman–Crippen LogP) is 3.21. The first-order valence-corrected chi connectivity index (χ1v) is 8.83. The maximum Gasteiger partial charge on any atom is 0.163 e. The molecule has 0 atom stereocenters. The summed E-state index contributed by atoms with van der Waals surface area (Å²) in [6, 6.07) is 20.8. The van der Waals surface area contributed by atoms with Crippen LogP contribution in [-0.4, -0.2) is 26.1 Å². The number of aromatic nitrogens is 4. The summed E-state index contributed by atoms with van der Waals surface area (Å²) in [5, 5.41) is 3.47. The van der Waals surface area contributed by atoms with E-state index in [4.69, 9.17) is 0 Å². The largest absolute Gasteiger partial charge is 0.312 e. The minimum Gasteiger partial charge on any atom is -0.312 e. The van der Waals surface area contributed by atoms with Gasteiger partial charge >= 0.3 is 0 Å². The van der Waals surface area contributed by atoms with Crippen molar-refractivity contribution in [2.75, 3.05) is 6.54 Å². The molecular formula is C21H21N5. The zero-order valence-corrected chi connectivity index (χ0v) is 14.5. The van der Waals surface area contributed by atoms with E-state index in [-0.39, 0.29) is 0 Å². The molecule has 0 saturated carbocycles. The first kappa shape index (κ1) is 16.4. The van der Waals surface area contributed by atoms with E-state index >= 15 is 0 Å². The predicted molar refractivity (Wildman–Crippen MR) is 103 cm³/mol. The Morgan fingerprint density at radius 1 is 0.808 bits per heavy atom. The van der Waals surface area contributed by atoms with E-state index in [1.165, 1.54) is 11.1 Å². The number of benzene rings is 2. The van der Waals surface area contributed by atoms with E-state index in [0.29, 0.717) is 0 Å². The second-order valence-corrected chi connectivity index (χ2v) is 6.26. The molecule has 5 heteroatoms. The molecule has 0 fully saturated rings. The van der Waals surface area contributed by atoms with Crippen molar-refractivity contribution in [2.24, 2.45) is 0 Å². The number of imidazole rings is 1. The molecule has 26 heavy (non-hydrogen) atoms. The molecule has 2 heterocycles. The number of nitrogens with zero attached hydrogens (tertiary/aromatic N) is 4. The monoisotopic (exact) mass is 343 g/mol. The van der Waals surface area contributed by atoms with Gasteiger partial charge in [-0.3, -0.25) is 0 Å². The Labute approximate surface area is 152 Å². The van der Waals surface area contributed by atoms with E-state index in [9.17, 15) is 0 Å². The summed E-state index contributed by atoms with van der Waals surface area (Å²) in [4.78, 5) is 13.4. The molecule has 0 aliphatic carbocycles. The van der Waals surface area contributed by atoms with Gasteiger partial charge in [-0.1, -0.05) is 60.7 Å². The van der Waals surface area contributed by atoms with Gasteiger partial charge in [0.05, 0.1) is 18.6 Å². The first-order valence-electron chi connectivity index (χ1n) is 8.83. The number of hydrogen-bond acceptors (Lipinski definition) is 4. The van der Waals surface area contributed by atoms with Gasteiger partial charge in [-0.15, -0.1) is 0 Å². The highest BCUT2D eigenvalue weighted by Crippen LogP contribution is 2.15. The highest BCUT2D eigenvalue weighted by atomic mass is 15.1. The molecule has 1 N–H and O–H groups in total. The number of fused-ring (bicyclic) bond motifs is 1. The molecule has 0 unspecified atom stereocenters. The molecule has 0 bridgehead atoms. The van der Waals surface area contributed by atoms with Crippen LogP contribution in [0.1, 0.15) is 16.8 Å². The Balaban J connectivity index is 1.43. The fourth-order valence-electron chi connectivity index (χ4n) is 3.04. The Hall–Kier alpha value is -3.05. The third kappa shape index (κ3) is 3.78. The van der Waals surface area contributed by atoms with E-state index in [1.54, 1.807) is 6.33 Å². The van der Waals surface area contributed by atoms with Gasteiger partial charge in [0.2, 0.25) is 0 Å². The van der Waals surface area contributed by atoms with Gasteiger partial charge in [-0.2, -0.15) is 0 Å². The van der Waals surface area contributed by atoms with Gasteiger partial charge in [-0.05, 0) is 11.1 Å².